The van der Waals surface area contributed by atoms with Gasteiger partial charge in [-0.3, -0.25) is 9.59 Å². The molecule has 4 amide bonds. The number of hydrogen-bond donors (Lipinski definition) is 1. The van der Waals surface area contributed by atoms with E-state index in [4.69, 9.17) is 11.8 Å². The van der Waals surface area contributed by atoms with Gasteiger partial charge in [0.2, 0.25) is 5.91 Å². The molecule has 0 aromatic rings. The highest BCUT2D eigenvalue weighted by Crippen LogP contribution is 2.00. The zero-order chi connectivity index (χ0) is 10.6. The molecule has 0 unspecified atom stereocenters. The van der Waals surface area contributed by atoms with Gasteiger partial charge in [-0.2, -0.15) is 4.90 Å². The Morgan fingerprint density at radius 1 is 1.31 bits per heavy atom. The van der Waals surface area contributed by atoms with Gasteiger partial charge in [0.05, 0.1) is 0 Å². The van der Waals surface area contributed by atoms with Crippen LogP contribution in [0.15, 0.2) is 12.2 Å². The standard InChI is InChI=1S/C7H9ClN2O3/c1-4(2)6(12)10(5(3)11)7(13)9-8/h1H2,2-3H3,(H,9,13). The number of imide groups is 3. The van der Waals surface area contributed by atoms with Crippen LogP contribution in [-0.4, -0.2) is 22.7 Å². The van der Waals surface area contributed by atoms with Crippen LogP contribution in [0.2, 0.25) is 0 Å². The summed E-state index contributed by atoms with van der Waals surface area (Å²) >= 11 is 4.96. The molecule has 72 valence electrons. The van der Waals surface area contributed by atoms with Crippen molar-refractivity contribution in [3.63, 3.8) is 0 Å². The smallest absolute Gasteiger partial charge is 0.274 e. The van der Waals surface area contributed by atoms with Gasteiger partial charge in [-0.15, -0.1) is 0 Å². The van der Waals surface area contributed by atoms with Crippen LogP contribution in [0.5, 0.6) is 0 Å². The minimum Gasteiger partial charge on any atom is -0.274 e. The molecule has 0 aliphatic carbocycles. The van der Waals surface area contributed by atoms with E-state index in [1.807, 2.05) is 0 Å². The van der Waals surface area contributed by atoms with Crippen molar-refractivity contribution in [2.75, 3.05) is 0 Å². The molecule has 0 aliphatic rings. The molecule has 0 saturated carbocycles. The van der Waals surface area contributed by atoms with E-state index in [2.05, 4.69) is 6.58 Å². The van der Waals surface area contributed by atoms with Crippen molar-refractivity contribution in [1.29, 1.82) is 0 Å². The zero-order valence-corrected chi connectivity index (χ0v) is 8.01. The summed E-state index contributed by atoms with van der Waals surface area (Å²) in [4.78, 5) is 34.9. The summed E-state index contributed by atoms with van der Waals surface area (Å²) in [5.41, 5.74) is 0.0791. The highest BCUT2D eigenvalue weighted by molar-refractivity contribution is 6.26. The van der Waals surface area contributed by atoms with Crippen molar-refractivity contribution >= 4 is 29.6 Å². The molecular weight excluding hydrogens is 196 g/mol. The molecule has 0 bridgehead atoms. The Morgan fingerprint density at radius 2 is 1.77 bits per heavy atom. The van der Waals surface area contributed by atoms with Crippen molar-refractivity contribution in [2.24, 2.45) is 0 Å². The fourth-order valence-electron chi connectivity index (χ4n) is 0.611. The number of carbonyl (C=O) groups excluding carboxylic acids is 3. The minimum absolute atomic E-state index is 0.0791. The van der Waals surface area contributed by atoms with Gasteiger partial charge in [0.15, 0.2) is 0 Å². The molecule has 0 aromatic carbocycles. The number of amides is 4. The van der Waals surface area contributed by atoms with E-state index >= 15 is 0 Å². The summed E-state index contributed by atoms with van der Waals surface area (Å²) in [5, 5.41) is 0. The summed E-state index contributed by atoms with van der Waals surface area (Å²) in [6, 6.07) is -0.984. The Labute approximate surface area is 80.4 Å². The second-order valence-electron chi connectivity index (χ2n) is 2.34. The molecule has 0 aliphatic heterocycles. The molecule has 0 heterocycles. The largest absolute Gasteiger partial charge is 0.345 e. The minimum atomic E-state index is -0.984. The molecule has 0 aromatic heterocycles. The second kappa shape index (κ2) is 4.61. The number of hydrogen-bond acceptors (Lipinski definition) is 3. The third-order valence-corrected chi connectivity index (χ3v) is 1.33. The summed E-state index contributed by atoms with van der Waals surface area (Å²) in [6.07, 6.45) is 0. The highest BCUT2D eigenvalue weighted by Gasteiger charge is 2.25. The van der Waals surface area contributed by atoms with Crippen LogP contribution in [0.4, 0.5) is 4.79 Å². The van der Waals surface area contributed by atoms with Gasteiger partial charge in [0.25, 0.3) is 5.91 Å². The van der Waals surface area contributed by atoms with E-state index in [1.54, 1.807) is 4.84 Å². The molecule has 0 atom stereocenters. The van der Waals surface area contributed by atoms with Crippen LogP contribution in [-0.2, 0) is 9.59 Å². The Bertz CT molecular complexity index is 275. The molecule has 0 fully saturated rings. The highest BCUT2D eigenvalue weighted by atomic mass is 35.5. The van der Waals surface area contributed by atoms with Gasteiger partial charge in [0, 0.05) is 24.3 Å². The maximum absolute atomic E-state index is 11.2. The Kier molecular flexibility index (Phi) is 4.13. The van der Waals surface area contributed by atoms with Gasteiger partial charge < -0.3 is 0 Å². The summed E-state index contributed by atoms with van der Waals surface area (Å²) in [5.74, 6) is -1.49. The quantitative estimate of drug-likeness (QED) is 0.508. The second-order valence-corrected chi connectivity index (χ2v) is 2.53. The van der Waals surface area contributed by atoms with E-state index in [1.165, 1.54) is 6.92 Å². The van der Waals surface area contributed by atoms with Crippen molar-refractivity contribution in [3.05, 3.63) is 12.2 Å². The number of urea groups is 1. The third-order valence-electron chi connectivity index (χ3n) is 1.17. The van der Waals surface area contributed by atoms with Crippen LogP contribution in [0.1, 0.15) is 13.8 Å². The Hall–Kier alpha value is -1.36. The maximum atomic E-state index is 11.2. The molecule has 0 spiro atoms. The van der Waals surface area contributed by atoms with Crippen molar-refractivity contribution in [3.8, 4) is 0 Å². The molecule has 0 saturated heterocycles. The lowest BCUT2D eigenvalue weighted by Crippen LogP contribution is -2.44. The lowest BCUT2D eigenvalue weighted by atomic mass is 10.3. The van der Waals surface area contributed by atoms with E-state index in [9.17, 15) is 14.4 Å². The van der Waals surface area contributed by atoms with Crippen LogP contribution >= 0.6 is 11.8 Å². The number of halogens is 1. The molecule has 1 N–H and O–H groups in total. The van der Waals surface area contributed by atoms with Crippen molar-refractivity contribution in [2.45, 2.75) is 13.8 Å². The van der Waals surface area contributed by atoms with E-state index < -0.39 is 17.8 Å². The SMILES string of the molecule is C=C(C)C(=O)N(C(C)=O)C(=O)NCl. The first-order valence-corrected chi connectivity index (χ1v) is 3.70. The fraction of sp³-hybridized carbons (Fsp3) is 0.286. The Morgan fingerprint density at radius 3 is 2.00 bits per heavy atom. The molecular formula is C7H9ClN2O3. The maximum Gasteiger partial charge on any atom is 0.345 e. The average molecular weight is 205 g/mol. The molecule has 13 heavy (non-hydrogen) atoms. The first-order chi connectivity index (χ1) is 5.91. The summed E-state index contributed by atoms with van der Waals surface area (Å²) in [6.45, 7) is 5.77. The van der Waals surface area contributed by atoms with Crippen molar-refractivity contribution in [1.82, 2.24) is 9.74 Å². The van der Waals surface area contributed by atoms with Crippen LogP contribution in [0.3, 0.4) is 0 Å². The van der Waals surface area contributed by atoms with Gasteiger partial charge in [-0.05, 0) is 6.92 Å². The van der Waals surface area contributed by atoms with E-state index in [0.717, 1.165) is 6.92 Å². The average Bonchev–Trinajstić information content (AvgIpc) is 2.03. The summed E-state index contributed by atoms with van der Waals surface area (Å²) in [7, 11) is 0. The van der Waals surface area contributed by atoms with Gasteiger partial charge in [-0.25, -0.2) is 9.63 Å². The molecule has 0 rings (SSSR count). The first kappa shape index (κ1) is 11.6. The Balaban J connectivity index is 4.82. The van der Waals surface area contributed by atoms with Gasteiger partial charge in [0.1, 0.15) is 0 Å². The van der Waals surface area contributed by atoms with Gasteiger partial charge >= 0.3 is 6.03 Å². The molecule has 6 heteroatoms. The van der Waals surface area contributed by atoms with E-state index in [0.29, 0.717) is 4.90 Å². The normalized spacial score (nSPS) is 8.85. The fourth-order valence-corrected chi connectivity index (χ4v) is 0.696. The predicted octanol–water partition coefficient (Wildman–Crippen LogP) is 0.801. The number of rotatable bonds is 1. The first-order valence-electron chi connectivity index (χ1n) is 3.33. The lowest BCUT2D eigenvalue weighted by molar-refractivity contribution is -0.137. The third kappa shape index (κ3) is 2.87. The number of nitrogens with zero attached hydrogens (tertiary/aromatic N) is 1. The summed E-state index contributed by atoms with van der Waals surface area (Å²) < 4.78 is 0. The molecule has 0 radical (unpaired) electrons. The van der Waals surface area contributed by atoms with Crippen LogP contribution < -0.4 is 4.84 Å². The van der Waals surface area contributed by atoms with Crippen molar-refractivity contribution < 1.29 is 14.4 Å². The lowest BCUT2D eigenvalue weighted by Gasteiger charge is -2.14. The van der Waals surface area contributed by atoms with Crippen LogP contribution in [0.25, 0.3) is 0 Å². The number of nitrogens with one attached hydrogen (secondary N) is 1. The predicted molar refractivity (Wildman–Crippen MR) is 46.7 cm³/mol. The van der Waals surface area contributed by atoms with Gasteiger partial charge in [-0.1, -0.05) is 6.58 Å². The number of carbonyl (C=O) groups is 3. The van der Waals surface area contributed by atoms with E-state index in [-0.39, 0.29) is 5.57 Å². The topological polar surface area (TPSA) is 66.5 Å². The molecule has 5 nitrogen and oxygen atoms in total. The van der Waals surface area contributed by atoms with Crippen LogP contribution in [0, 0.1) is 0 Å². The monoisotopic (exact) mass is 204 g/mol. The zero-order valence-electron chi connectivity index (χ0n) is 7.26.